The summed E-state index contributed by atoms with van der Waals surface area (Å²) in [4.78, 5) is 11.6. The zero-order valence-corrected chi connectivity index (χ0v) is 9.81. The molecule has 86 valence electrons. The lowest BCUT2D eigenvalue weighted by Gasteiger charge is -2.33. The molecular formula is C14H18O2. The minimum Gasteiger partial charge on any atom is -0.481 e. The minimum absolute atomic E-state index is 0.0189. The van der Waals surface area contributed by atoms with E-state index in [1.807, 2.05) is 44.2 Å². The van der Waals surface area contributed by atoms with Crippen LogP contribution in [-0.2, 0) is 10.2 Å². The van der Waals surface area contributed by atoms with E-state index in [0.717, 1.165) is 5.56 Å². The van der Waals surface area contributed by atoms with E-state index in [1.54, 1.807) is 6.08 Å². The zero-order valence-electron chi connectivity index (χ0n) is 9.81. The highest BCUT2D eigenvalue weighted by molar-refractivity contribution is 5.82. The lowest BCUT2D eigenvalue weighted by atomic mass is 9.69. The van der Waals surface area contributed by atoms with E-state index in [1.165, 1.54) is 0 Å². The van der Waals surface area contributed by atoms with Crippen molar-refractivity contribution in [3.8, 4) is 0 Å². The Morgan fingerprint density at radius 1 is 1.44 bits per heavy atom. The molecule has 0 bridgehead atoms. The summed E-state index contributed by atoms with van der Waals surface area (Å²) in [6.45, 7) is 7.54. The van der Waals surface area contributed by atoms with Gasteiger partial charge in [0.05, 0.1) is 5.41 Å². The fraction of sp³-hybridized carbons (Fsp3) is 0.357. The van der Waals surface area contributed by atoms with E-state index in [-0.39, 0.29) is 5.92 Å². The second-order valence-electron chi connectivity index (χ2n) is 4.29. The van der Waals surface area contributed by atoms with Crippen molar-refractivity contribution in [1.82, 2.24) is 0 Å². The van der Waals surface area contributed by atoms with Crippen molar-refractivity contribution in [2.45, 2.75) is 25.7 Å². The lowest BCUT2D eigenvalue weighted by Crippen LogP contribution is -2.40. The molecule has 2 nitrogen and oxygen atoms in total. The number of benzene rings is 1. The Bertz CT molecular complexity index is 368. The van der Waals surface area contributed by atoms with Crippen molar-refractivity contribution in [1.29, 1.82) is 0 Å². The van der Waals surface area contributed by atoms with Gasteiger partial charge >= 0.3 is 5.97 Å². The molecule has 1 aromatic carbocycles. The second-order valence-corrected chi connectivity index (χ2v) is 4.29. The number of hydrogen-bond donors (Lipinski definition) is 1. The van der Waals surface area contributed by atoms with Gasteiger partial charge in [-0.2, -0.15) is 0 Å². The first kappa shape index (κ1) is 12.5. The van der Waals surface area contributed by atoms with Crippen LogP contribution in [-0.4, -0.2) is 11.1 Å². The molecule has 0 aliphatic heterocycles. The highest BCUT2D eigenvalue weighted by Crippen LogP contribution is 2.36. The molecule has 0 unspecified atom stereocenters. The van der Waals surface area contributed by atoms with Gasteiger partial charge in [-0.3, -0.25) is 4.79 Å². The number of allylic oxidation sites excluding steroid dienone is 1. The summed E-state index contributed by atoms with van der Waals surface area (Å²) in [6, 6.07) is 9.39. The number of carbonyl (C=O) groups is 1. The van der Waals surface area contributed by atoms with E-state index >= 15 is 0 Å². The Morgan fingerprint density at radius 3 is 2.38 bits per heavy atom. The van der Waals surface area contributed by atoms with Gasteiger partial charge in [-0.1, -0.05) is 50.3 Å². The first-order valence-electron chi connectivity index (χ1n) is 5.45. The van der Waals surface area contributed by atoms with E-state index < -0.39 is 11.4 Å². The molecule has 0 fully saturated rings. The third-order valence-electron chi connectivity index (χ3n) is 3.12. The summed E-state index contributed by atoms with van der Waals surface area (Å²) in [6.07, 6.45) is 2.13. The molecule has 1 atom stereocenters. The third-order valence-corrected chi connectivity index (χ3v) is 3.12. The summed E-state index contributed by atoms with van der Waals surface area (Å²) in [5, 5.41) is 9.53. The van der Waals surface area contributed by atoms with Crippen molar-refractivity contribution < 1.29 is 9.90 Å². The monoisotopic (exact) mass is 218 g/mol. The zero-order chi connectivity index (χ0) is 12.2. The third kappa shape index (κ3) is 2.01. The molecule has 0 amide bonds. The van der Waals surface area contributed by atoms with Crippen LogP contribution in [0.2, 0.25) is 0 Å². The van der Waals surface area contributed by atoms with Gasteiger partial charge in [0.25, 0.3) is 0 Å². The van der Waals surface area contributed by atoms with Crippen LogP contribution in [0.25, 0.3) is 0 Å². The first-order chi connectivity index (χ1) is 7.55. The lowest BCUT2D eigenvalue weighted by molar-refractivity contribution is -0.145. The van der Waals surface area contributed by atoms with E-state index in [9.17, 15) is 9.90 Å². The molecule has 0 heterocycles. The van der Waals surface area contributed by atoms with E-state index in [4.69, 9.17) is 0 Å². The number of carboxylic acid groups (broad SMARTS) is 1. The van der Waals surface area contributed by atoms with Crippen LogP contribution in [0.5, 0.6) is 0 Å². The number of aliphatic carboxylic acids is 1. The van der Waals surface area contributed by atoms with Gasteiger partial charge in [0.15, 0.2) is 0 Å². The van der Waals surface area contributed by atoms with Crippen LogP contribution in [0.1, 0.15) is 25.8 Å². The van der Waals surface area contributed by atoms with Crippen LogP contribution in [0.3, 0.4) is 0 Å². The molecule has 0 aliphatic rings. The molecule has 1 aromatic rings. The van der Waals surface area contributed by atoms with Gasteiger partial charge in [0, 0.05) is 0 Å². The molecule has 0 aromatic heterocycles. The topological polar surface area (TPSA) is 37.3 Å². The number of carboxylic acids is 1. The second kappa shape index (κ2) is 4.97. The van der Waals surface area contributed by atoms with Crippen molar-refractivity contribution in [3.63, 3.8) is 0 Å². The number of rotatable bonds is 5. The summed E-state index contributed by atoms with van der Waals surface area (Å²) in [5.74, 6) is -0.765. The van der Waals surface area contributed by atoms with E-state index in [0.29, 0.717) is 6.42 Å². The summed E-state index contributed by atoms with van der Waals surface area (Å²) >= 11 is 0. The molecular weight excluding hydrogens is 200 g/mol. The molecule has 0 aliphatic carbocycles. The highest BCUT2D eigenvalue weighted by Gasteiger charge is 2.42. The summed E-state index contributed by atoms with van der Waals surface area (Å²) in [5.41, 5.74) is -0.0133. The van der Waals surface area contributed by atoms with Gasteiger partial charge in [-0.05, 0) is 17.9 Å². The molecule has 0 radical (unpaired) electrons. The largest absolute Gasteiger partial charge is 0.481 e. The average molecular weight is 218 g/mol. The van der Waals surface area contributed by atoms with Crippen molar-refractivity contribution >= 4 is 5.97 Å². The van der Waals surface area contributed by atoms with Crippen LogP contribution < -0.4 is 0 Å². The smallest absolute Gasteiger partial charge is 0.314 e. The normalized spacial score (nSPS) is 14.4. The van der Waals surface area contributed by atoms with Gasteiger partial charge in [0.1, 0.15) is 0 Å². The van der Waals surface area contributed by atoms with Crippen molar-refractivity contribution in [2.75, 3.05) is 0 Å². The molecule has 0 saturated heterocycles. The molecule has 2 heteroatoms. The minimum atomic E-state index is -0.858. The number of hydrogen-bond acceptors (Lipinski definition) is 1. The van der Waals surface area contributed by atoms with Gasteiger partial charge in [0.2, 0.25) is 0 Å². The average Bonchev–Trinajstić information content (AvgIpc) is 2.26. The van der Waals surface area contributed by atoms with Gasteiger partial charge < -0.3 is 5.11 Å². The fourth-order valence-electron chi connectivity index (χ4n) is 2.11. The van der Waals surface area contributed by atoms with Crippen LogP contribution >= 0.6 is 0 Å². The van der Waals surface area contributed by atoms with Gasteiger partial charge in [-0.25, -0.2) is 0 Å². The van der Waals surface area contributed by atoms with E-state index in [2.05, 4.69) is 6.58 Å². The Morgan fingerprint density at radius 2 is 2.00 bits per heavy atom. The predicted octanol–water partition coefficient (Wildman–Crippen LogP) is 3.24. The summed E-state index contributed by atoms with van der Waals surface area (Å²) < 4.78 is 0. The van der Waals surface area contributed by atoms with Crippen molar-refractivity contribution in [3.05, 3.63) is 48.6 Å². The van der Waals surface area contributed by atoms with Crippen LogP contribution in [0.4, 0.5) is 0 Å². The maximum absolute atomic E-state index is 11.6. The fourth-order valence-corrected chi connectivity index (χ4v) is 2.11. The highest BCUT2D eigenvalue weighted by atomic mass is 16.4. The Balaban J connectivity index is 3.32. The molecule has 16 heavy (non-hydrogen) atoms. The molecule has 0 saturated carbocycles. The Hall–Kier alpha value is -1.57. The molecule has 0 spiro atoms. The van der Waals surface area contributed by atoms with Crippen LogP contribution in [0, 0.1) is 5.92 Å². The summed E-state index contributed by atoms with van der Waals surface area (Å²) in [7, 11) is 0. The predicted molar refractivity (Wildman–Crippen MR) is 65.4 cm³/mol. The first-order valence-corrected chi connectivity index (χ1v) is 5.45. The van der Waals surface area contributed by atoms with Gasteiger partial charge in [-0.15, -0.1) is 6.58 Å². The Labute approximate surface area is 96.6 Å². The quantitative estimate of drug-likeness (QED) is 0.770. The molecule has 1 rings (SSSR count). The molecule has 1 N–H and O–H groups in total. The maximum Gasteiger partial charge on any atom is 0.314 e. The Kier molecular flexibility index (Phi) is 3.88. The maximum atomic E-state index is 11.6. The SMILES string of the molecule is C=CC[C@](C(=O)O)(c1ccccc1)C(C)C. The van der Waals surface area contributed by atoms with Crippen molar-refractivity contribution in [2.24, 2.45) is 5.92 Å². The standard InChI is InChI=1S/C14H18O2/c1-4-10-14(11(2)3,13(15)16)12-8-6-5-7-9-12/h4-9,11H,1,10H2,2-3H3,(H,15,16)/t14-/m1/s1. The van der Waals surface area contributed by atoms with Crippen LogP contribution in [0.15, 0.2) is 43.0 Å².